The van der Waals surface area contributed by atoms with Crippen LogP contribution in [0.2, 0.25) is 0 Å². The normalized spacial score (nSPS) is 16.9. The number of hydrogen-bond donors (Lipinski definition) is 1. The Morgan fingerprint density at radius 3 is 2.39 bits per heavy atom. The number of likely N-dealkylation sites (N-methyl/N-ethyl adjacent to an activating group) is 1. The Morgan fingerprint density at radius 1 is 1.25 bits per heavy atom. The van der Waals surface area contributed by atoms with Gasteiger partial charge in [0.15, 0.2) is 5.96 Å². The van der Waals surface area contributed by atoms with Crippen molar-refractivity contribution in [1.82, 2.24) is 15.1 Å². The van der Waals surface area contributed by atoms with Crippen LogP contribution in [0, 0.1) is 5.92 Å². The number of hydrogen-bond acceptors (Lipinski definition) is 4. The van der Waals surface area contributed by atoms with Gasteiger partial charge < -0.3 is 19.9 Å². The first-order valence-electron chi connectivity index (χ1n) is 10.4. The van der Waals surface area contributed by atoms with E-state index in [1.54, 1.807) is 0 Å². The summed E-state index contributed by atoms with van der Waals surface area (Å²) in [7, 11) is 6.03. The number of rotatable bonds is 7. The quantitative estimate of drug-likeness (QED) is 0.442. The van der Waals surface area contributed by atoms with Crippen LogP contribution >= 0.6 is 0 Å². The number of likely N-dealkylation sites (tertiary alicyclic amines) is 1. The minimum atomic E-state index is -0.0618. The Balaban J connectivity index is 1.93. The summed E-state index contributed by atoms with van der Waals surface area (Å²) in [5, 5.41) is 3.53. The third-order valence-corrected chi connectivity index (χ3v) is 5.48. The molecule has 0 aliphatic carbocycles. The zero-order valence-corrected chi connectivity index (χ0v) is 18.1. The Labute approximate surface area is 170 Å². The molecule has 0 amide bonds. The fraction of sp³-hybridized carbons (Fsp3) is 0.636. The second-order valence-corrected chi connectivity index (χ2v) is 7.52. The molecule has 1 aromatic carbocycles. The van der Waals surface area contributed by atoms with E-state index in [0.29, 0.717) is 6.61 Å². The van der Waals surface area contributed by atoms with Gasteiger partial charge in [-0.25, -0.2) is 0 Å². The summed E-state index contributed by atoms with van der Waals surface area (Å²) >= 11 is 0. The van der Waals surface area contributed by atoms with Crippen molar-refractivity contribution in [2.45, 2.75) is 39.2 Å². The first kappa shape index (κ1) is 22.2. The van der Waals surface area contributed by atoms with Crippen molar-refractivity contribution in [3.05, 3.63) is 35.4 Å². The number of esters is 1. The molecule has 6 nitrogen and oxygen atoms in total. The molecular formula is C22H36N4O2. The van der Waals surface area contributed by atoms with Crippen LogP contribution in [0.3, 0.4) is 0 Å². The topological polar surface area (TPSA) is 57.2 Å². The van der Waals surface area contributed by atoms with Crippen LogP contribution in [0.5, 0.6) is 0 Å². The number of carbonyl (C=O) groups excluding carboxylic acids is 1. The highest BCUT2D eigenvalue weighted by atomic mass is 16.5. The number of aryl methyl sites for hydroxylation is 1. The predicted octanol–water partition coefficient (Wildman–Crippen LogP) is 2.70. The fourth-order valence-electron chi connectivity index (χ4n) is 3.68. The molecule has 2 rings (SSSR count). The van der Waals surface area contributed by atoms with E-state index in [0.717, 1.165) is 44.9 Å². The van der Waals surface area contributed by atoms with Crippen molar-refractivity contribution < 1.29 is 9.53 Å². The molecular weight excluding hydrogens is 352 g/mol. The molecule has 1 aliphatic rings. The van der Waals surface area contributed by atoms with Gasteiger partial charge in [0.25, 0.3) is 0 Å². The molecule has 0 bridgehead atoms. The maximum Gasteiger partial charge on any atom is 0.309 e. The van der Waals surface area contributed by atoms with Gasteiger partial charge in [0.1, 0.15) is 0 Å². The van der Waals surface area contributed by atoms with E-state index in [1.807, 2.05) is 14.0 Å². The third-order valence-electron chi connectivity index (χ3n) is 5.48. The van der Waals surface area contributed by atoms with Crippen LogP contribution in [0.1, 0.15) is 43.9 Å². The zero-order valence-electron chi connectivity index (χ0n) is 18.1. The lowest BCUT2D eigenvalue weighted by atomic mass is 9.97. The van der Waals surface area contributed by atoms with Crippen LogP contribution in [-0.4, -0.2) is 69.1 Å². The molecule has 1 unspecified atom stereocenters. The van der Waals surface area contributed by atoms with Crippen LogP contribution in [0.25, 0.3) is 0 Å². The van der Waals surface area contributed by atoms with Crippen molar-refractivity contribution in [3.63, 3.8) is 0 Å². The van der Waals surface area contributed by atoms with E-state index in [1.165, 1.54) is 11.1 Å². The molecule has 0 radical (unpaired) electrons. The fourth-order valence-corrected chi connectivity index (χ4v) is 3.68. The highest BCUT2D eigenvalue weighted by Crippen LogP contribution is 2.20. The standard InChI is InChI=1S/C22H36N4O2/c1-6-17-8-10-18(11-9-17)20(25(4)5)16-24-22(23-3)26-14-12-19(13-15-26)21(27)28-7-2/h8-11,19-20H,6-7,12-16H2,1-5H3,(H,23,24). The molecule has 1 aromatic rings. The van der Waals surface area contributed by atoms with Gasteiger partial charge in [0.05, 0.1) is 18.6 Å². The molecule has 1 aliphatic heterocycles. The zero-order chi connectivity index (χ0) is 20.5. The molecule has 28 heavy (non-hydrogen) atoms. The van der Waals surface area contributed by atoms with Crippen molar-refractivity contribution in [1.29, 1.82) is 0 Å². The number of guanidine groups is 1. The lowest BCUT2D eigenvalue weighted by Gasteiger charge is -2.34. The average molecular weight is 389 g/mol. The summed E-state index contributed by atoms with van der Waals surface area (Å²) in [5.74, 6) is 0.855. The molecule has 1 saturated heterocycles. The van der Waals surface area contributed by atoms with Gasteiger partial charge in [0.2, 0.25) is 0 Å². The number of nitrogens with one attached hydrogen (secondary N) is 1. The summed E-state index contributed by atoms with van der Waals surface area (Å²) in [5.41, 5.74) is 2.65. The minimum Gasteiger partial charge on any atom is -0.466 e. The van der Waals surface area contributed by atoms with E-state index >= 15 is 0 Å². The Bertz CT molecular complexity index is 634. The van der Waals surface area contributed by atoms with E-state index < -0.39 is 0 Å². The highest BCUT2D eigenvalue weighted by Gasteiger charge is 2.27. The van der Waals surface area contributed by atoms with Gasteiger partial charge in [-0.3, -0.25) is 9.79 Å². The molecule has 1 heterocycles. The largest absolute Gasteiger partial charge is 0.466 e. The van der Waals surface area contributed by atoms with Gasteiger partial charge in [0, 0.05) is 26.7 Å². The molecule has 6 heteroatoms. The first-order chi connectivity index (χ1) is 13.5. The van der Waals surface area contributed by atoms with Crippen molar-refractivity contribution in [3.8, 4) is 0 Å². The monoisotopic (exact) mass is 388 g/mol. The Kier molecular flexibility index (Phi) is 8.77. The third kappa shape index (κ3) is 5.96. The summed E-state index contributed by atoms with van der Waals surface area (Å²) in [6, 6.07) is 9.12. The van der Waals surface area contributed by atoms with E-state index in [-0.39, 0.29) is 17.9 Å². The minimum absolute atomic E-state index is 0.0147. The summed E-state index contributed by atoms with van der Waals surface area (Å²) in [6.45, 7) is 6.91. The maximum atomic E-state index is 11.9. The first-order valence-corrected chi connectivity index (χ1v) is 10.4. The average Bonchev–Trinajstić information content (AvgIpc) is 2.71. The molecule has 1 fully saturated rings. The molecule has 0 aromatic heterocycles. The number of carbonyl (C=O) groups is 1. The van der Waals surface area contributed by atoms with E-state index in [9.17, 15) is 4.79 Å². The predicted molar refractivity (Wildman–Crippen MR) is 115 cm³/mol. The smallest absolute Gasteiger partial charge is 0.309 e. The second-order valence-electron chi connectivity index (χ2n) is 7.52. The van der Waals surface area contributed by atoms with E-state index in [2.05, 4.69) is 65.4 Å². The van der Waals surface area contributed by atoms with Crippen molar-refractivity contribution in [2.75, 3.05) is 47.4 Å². The van der Waals surface area contributed by atoms with Gasteiger partial charge >= 0.3 is 5.97 Å². The molecule has 1 atom stereocenters. The van der Waals surface area contributed by atoms with Crippen molar-refractivity contribution >= 4 is 11.9 Å². The van der Waals surface area contributed by atoms with E-state index in [4.69, 9.17) is 4.74 Å². The second kappa shape index (κ2) is 11.1. The van der Waals surface area contributed by atoms with Gasteiger partial charge in [-0.15, -0.1) is 0 Å². The molecule has 0 spiro atoms. The van der Waals surface area contributed by atoms with Crippen LogP contribution in [0.4, 0.5) is 0 Å². The number of ether oxygens (including phenoxy) is 1. The van der Waals surface area contributed by atoms with Gasteiger partial charge in [-0.1, -0.05) is 31.2 Å². The summed E-state index contributed by atoms with van der Waals surface area (Å²) < 4.78 is 5.17. The summed E-state index contributed by atoms with van der Waals surface area (Å²) in [4.78, 5) is 20.9. The number of nitrogens with zero attached hydrogens (tertiary/aromatic N) is 3. The summed E-state index contributed by atoms with van der Waals surface area (Å²) in [6.07, 6.45) is 2.68. The Hall–Kier alpha value is -2.08. The SMILES string of the molecule is CCOC(=O)C1CCN(C(=NC)NCC(c2ccc(CC)cc2)N(C)C)CC1. The van der Waals surface area contributed by atoms with Crippen LogP contribution in [0.15, 0.2) is 29.3 Å². The van der Waals surface area contributed by atoms with Gasteiger partial charge in [-0.05, 0) is 51.4 Å². The number of aliphatic imine (C=N–C) groups is 1. The van der Waals surface area contributed by atoms with Gasteiger partial charge in [-0.2, -0.15) is 0 Å². The highest BCUT2D eigenvalue weighted by molar-refractivity contribution is 5.80. The maximum absolute atomic E-state index is 11.9. The lowest BCUT2D eigenvalue weighted by Crippen LogP contribution is -2.48. The van der Waals surface area contributed by atoms with Crippen LogP contribution in [-0.2, 0) is 16.0 Å². The van der Waals surface area contributed by atoms with Crippen LogP contribution < -0.4 is 5.32 Å². The number of benzene rings is 1. The molecule has 156 valence electrons. The molecule has 0 saturated carbocycles. The number of piperidine rings is 1. The van der Waals surface area contributed by atoms with Crippen molar-refractivity contribution in [2.24, 2.45) is 10.9 Å². The Morgan fingerprint density at radius 2 is 1.89 bits per heavy atom. The molecule has 1 N–H and O–H groups in total. The lowest BCUT2D eigenvalue weighted by molar-refractivity contribution is -0.149.